The number of non-ortho nitro benzene ring substituents is 1. The molecule has 0 bridgehead atoms. The highest BCUT2D eigenvalue weighted by Gasteiger charge is 2.25. The van der Waals surface area contributed by atoms with E-state index in [2.05, 4.69) is 27.6 Å². The molecule has 0 amide bonds. The molecule has 0 radical (unpaired) electrons. The Morgan fingerprint density at radius 3 is 2.71 bits per heavy atom. The minimum atomic E-state index is -0.653. The maximum absolute atomic E-state index is 13.5. The summed E-state index contributed by atoms with van der Waals surface area (Å²) in [6.07, 6.45) is 1.53. The molecule has 34 heavy (non-hydrogen) atoms. The molecule has 1 aliphatic heterocycles. The average molecular weight is 574 g/mol. The number of esters is 1. The van der Waals surface area contributed by atoms with Crippen molar-refractivity contribution in [3.63, 3.8) is 0 Å². The molecule has 0 N–H and O–H groups in total. The second-order valence-electron chi connectivity index (χ2n) is 7.10. The van der Waals surface area contributed by atoms with Crippen LogP contribution in [0.5, 0.6) is 11.5 Å². The molecule has 4 rings (SSSR count). The highest BCUT2D eigenvalue weighted by molar-refractivity contribution is 14.1. The summed E-state index contributed by atoms with van der Waals surface area (Å²) < 4.78 is 30.7. The van der Waals surface area contributed by atoms with E-state index in [4.69, 9.17) is 14.2 Å². The second-order valence-corrected chi connectivity index (χ2v) is 8.26. The lowest BCUT2D eigenvalue weighted by atomic mass is 10.1. The van der Waals surface area contributed by atoms with Crippen molar-refractivity contribution in [3.8, 4) is 11.5 Å². The third-order valence-corrected chi connectivity index (χ3v) is 5.55. The maximum Gasteiger partial charge on any atom is 0.363 e. The Labute approximate surface area is 207 Å². The zero-order valence-corrected chi connectivity index (χ0v) is 19.8. The molecule has 0 aliphatic carbocycles. The lowest BCUT2D eigenvalue weighted by Crippen LogP contribution is -2.05. The van der Waals surface area contributed by atoms with Crippen molar-refractivity contribution in [2.24, 2.45) is 4.99 Å². The molecular formula is C24H16FIN2O6. The molecular weight excluding hydrogens is 558 g/mol. The van der Waals surface area contributed by atoms with E-state index in [1.807, 2.05) is 0 Å². The number of nitro benzene ring substituents is 1. The number of hydrogen-bond donors (Lipinski definition) is 0. The number of benzene rings is 3. The van der Waals surface area contributed by atoms with Crippen LogP contribution >= 0.6 is 22.6 Å². The van der Waals surface area contributed by atoms with Gasteiger partial charge in [0.15, 0.2) is 17.2 Å². The van der Waals surface area contributed by atoms with Crippen molar-refractivity contribution < 1.29 is 28.3 Å². The fraction of sp³-hybridized carbons (Fsp3) is 0.0833. The summed E-state index contributed by atoms with van der Waals surface area (Å²) in [4.78, 5) is 27.0. The van der Waals surface area contributed by atoms with Crippen LogP contribution in [0.15, 0.2) is 71.4 Å². The molecule has 0 saturated heterocycles. The minimum absolute atomic E-state index is 0.0219. The summed E-state index contributed by atoms with van der Waals surface area (Å²) in [7, 11) is 1.48. The average Bonchev–Trinajstić information content (AvgIpc) is 3.18. The molecule has 0 saturated carbocycles. The molecule has 0 unspecified atom stereocenters. The second kappa shape index (κ2) is 10.00. The summed E-state index contributed by atoms with van der Waals surface area (Å²) in [5.74, 6) is -0.234. The van der Waals surface area contributed by atoms with E-state index >= 15 is 0 Å². The molecule has 3 aromatic carbocycles. The molecule has 0 spiro atoms. The van der Waals surface area contributed by atoms with Crippen LogP contribution < -0.4 is 9.47 Å². The topological polar surface area (TPSA) is 100 Å². The summed E-state index contributed by atoms with van der Waals surface area (Å²) in [6, 6.07) is 15.2. The van der Waals surface area contributed by atoms with E-state index in [0.29, 0.717) is 31.8 Å². The number of ether oxygens (including phenoxy) is 3. The van der Waals surface area contributed by atoms with Crippen molar-refractivity contribution in [2.45, 2.75) is 6.61 Å². The Balaban J connectivity index is 1.58. The third kappa shape index (κ3) is 5.22. The zero-order chi connectivity index (χ0) is 24.2. The first kappa shape index (κ1) is 23.4. The first-order valence-electron chi connectivity index (χ1n) is 9.86. The minimum Gasteiger partial charge on any atom is -0.493 e. The van der Waals surface area contributed by atoms with Gasteiger partial charge in [-0.3, -0.25) is 10.1 Å². The van der Waals surface area contributed by atoms with Gasteiger partial charge in [-0.1, -0.05) is 18.2 Å². The fourth-order valence-corrected chi connectivity index (χ4v) is 3.97. The maximum atomic E-state index is 13.5. The van der Waals surface area contributed by atoms with Gasteiger partial charge in [0, 0.05) is 17.7 Å². The molecule has 3 aromatic rings. The van der Waals surface area contributed by atoms with Gasteiger partial charge in [-0.05, 0) is 70.1 Å². The smallest absolute Gasteiger partial charge is 0.363 e. The van der Waals surface area contributed by atoms with E-state index in [1.54, 1.807) is 30.3 Å². The summed E-state index contributed by atoms with van der Waals surface area (Å²) in [5.41, 5.74) is 1.63. The number of rotatable bonds is 7. The molecule has 1 aliphatic rings. The third-order valence-electron chi connectivity index (χ3n) is 4.75. The lowest BCUT2D eigenvalue weighted by Gasteiger charge is -2.13. The molecule has 0 aromatic heterocycles. The molecule has 0 fully saturated rings. The number of halogens is 2. The summed E-state index contributed by atoms with van der Waals surface area (Å²) >= 11 is 2.07. The van der Waals surface area contributed by atoms with Crippen LogP contribution in [-0.2, 0) is 16.1 Å². The highest BCUT2D eigenvalue weighted by atomic mass is 127. The van der Waals surface area contributed by atoms with Crippen LogP contribution in [0.1, 0.15) is 16.7 Å². The van der Waals surface area contributed by atoms with Gasteiger partial charge in [0.25, 0.3) is 5.69 Å². The van der Waals surface area contributed by atoms with E-state index < -0.39 is 16.7 Å². The van der Waals surface area contributed by atoms with E-state index in [1.165, 1.54) is 43.5 Å². The van der Waals surface area contributed by atoms with E-state index in [-0.39, 0.29) is 23.9 Å². The van der Waals surface area contributed by atoms with Crippen LogP contribution in [0.2, 0.25) is 0 Å². The van der Waals surface area contributed by atoms with Gasteiger partial charge in [0.05, 0.1) is 15.6 Å². The number of nitro groups is 1. The van der Waals surface area contributed by atoms with Crippen LogP contribution in [-0.4, -0.2) is 23.9 Å². The molecule has 10 heteroatoms. The molecule has 1 heterocycles. The Morgan fingerprint density at radius 2 is 1.97 bits per heavy atom. The SMILES string of the molecule is COc1cc(/C=C2\N=C(c3cccc(F)c3)OC2=O)cc(I)c1OCc1cccc([N+](=O)[O-])c1. The fourth-order valence-electron chi connectivity index (χ4n) is 3.19. The monoisotopic (exact) mass is 574 g/mol. The molecule has 0 atom stereocenters. The van der Waals surface area contributed by atoms with E-state index in [0.717, 1.165) is 0 Å². The molecule has 172 valence electrons. The lowest BCUT2D eigenvalue weighted by molar-refractivity contribution is -0.384. The number of hydrogen-bond acceptors (Lipinski definition) is 7. The highest BCUT2D eigenvalue weighted by Crippen LogP contribution is 2.35. The van der Waals surface area contributed by atoms with Gasteiger partial charge in [-0.15, -0.1) is 0 Å². The number of cyclic esters (lactones) is 1. The van der Waals surface area contributed by atoms with Crippen molar-refractivity contribution in [3.05, 3.63) is 103 Å². The first-order chi connectivity index (χ1) is 16.3. The largest absolute Gasteiger partial charge is 0.493 e. The Hall–Kier alpha value is -3.80. The number of aliphatic imine (C=N–C) groups is 1. The number of methoxy groups -OCH3 is 1. The zero-order valence-electron chi connectivity index (χ0n) is 17.7. The van der Waals surface area contributed by atoms with Crippen LogP contribution in [0, 0.1) is 19.5 Å². The van der Waals surface area contributed by atoms with Gasteiger partial charge >= 0.3 is 5.97 Å². The summed E-state index contributed by atoms with van der Waals surface area (Å²) in [5, 5.41) is 11.0. The number of carbonyl (C=O) groups is 1. The van der Waals surface area contributed by atoms with Crippen molar-refractivity contribution in [1.82, 2.24) is 0 Å². The Bertz CT molecular complexity index is 1360. The van der Waals surface area contributed by atoms with Crippen molar-refractivity contribution in [2.75, 3.05) is 7.11 Å². The van der Waals surface area contributed by atoms with Crippen molar-refractivity contribution in [1.29, 1.82) is 0 Å². The number of carbonyl (C=O) groups excluding carboxylic acids is 1. The Kier molecular flexibility index (Phi) is 6.87. The van der Waals surface area contributed by atoms with Crippen molar-refractivity contribution >= 4 is 46.2 Å². The predicted octanol–water partition coefficient (Wildman–Crippen LogP) is 5.27. The predicted molar refractivity (Wildman–Crippen MR) is 130 cm³/mol. The van der Waals surface area contributed by atoms with Crippen LogP contribution in [0.25, 0.3) is 6.08 Å². The van der Waals surface area contributed by atoms with E-state index in [9.17, 15) is 19.3 Å². The van der Waals surface area contributed by atoms with Crippen LogP contribution in [0.4, 0.5) is 10.1 Å². The normalized spacial score (nSPS) is 14.0. The first-order valence-corrected chi connectivity index (χ1v) is 10.9. The van der Waals surface area contributed by atoms with Gasteiger partial charge in [0.2, 0.25) is 5.90 Å². The van der Waals surface area contributed by atoms with Gasteiger partial charge in [0.1, 0.15) is 12.4 Å². The quantitative estimate of drug-likeness (QED) is 0.125. The molecule has 8 nitrogen and oxygen atoms in total. The Morgan fingerprint density at radius 1 is 1.18 bits per heavy atom. The van der Waals surface area contributed by atoms with Gasteiger partial charge in [-0.2, -0.15) is 0 Å². The van der Waals surface area contributed by atoms with Gasteiger partial charge in [-0.25, -0.2) is 14.2 Å². The standard InChI is InChI=1S/C24H16FIN2O6/c1-32-21-11-15(10-20-24(29)34-23(27-20)16-5-3-6-17(25)12-16)9-19(26)22(21)33-13-14-4-2-7-18(8-14)28(30)31/h2-12H,13H2,1H3/b20-10-. The summed E-state index contributed by atoms with van der Waals surface area (Å²) in [6.45, 7) is 0.0993. The van der Waals surface area contributed by atoms with Crippen LogP contribution in [0.3, 0.4) is 0 Å². The van der Waals surface area contributed by atoms with Gasteiger partial charge < -0.3 is 14.2 Å². The number of nitrogens with zero attached hydrogens (tertiary/aromatic N) is 2.